The molecular formula is C17H20FN5O. The molecule has 0 saturated carbocycles. The van der Waals surface area contributed by atoms with E-state index in [1.807, 2.05) is 24.8 Å². The Morgan fingerprint density at radius 3 is 2.92 bits per heavy atom. The van der Waals surface area contributed by atoms with Crippen LogP contribution < -0.4 is 0 Å². The van der Waals surface area contributed by atoms with Gasteiger partial charge in [-0.25, -0.2) is 9.07 Å². The minimum atomic E-state index is -1.04. The molecule has 1 aromatic carbocycles. The molecule has 1 aliphatic rings. The number of benzene rings is 1. The number of rotatable bonds is 4. The van der Waals surface area contributed by atoms with Crippen LogP contribution in [-0.4, -0.2) is 38.1 Å². The van der Waals surface area contributed by atoms with Crippen LogP contribution >= 0.6 is 0 Å². The maximum absolute atomic E-state index is 13.2. The van der Waals surface area contributed by atoms with Crippen LogP contribution in [0.5, 0.6) is 0 Å². The van der Waals surface area contributed by atoms with Gasteiger partial charge in [-0.2, -0.15) is 5.26 Å². The molecule has 1 atom stereocenters. The van der Waals surface area contributed by atoms with Crippen LogP contribution in [0.15, 0.2) is 24.4 Å². The van der Waals surface area contributed by atoms with E-state index in [1.165, 1.54) is 12.1 Å². The zero-order valence-electron chi connectivity index (χ0n) is 13.8. The molecule has 0 unspecified atom stereocenters. The standard InChI is InChI=1S/C17H20FN5O/c1-12(2)23-10-16(20-21-23)17(24)5-6-22(11-17)9-13-3-4-15(18)7-14(13)8-19/h3-4,7,10,12,24H,5-6,9,11H2,1-2H3/t17-/m1/s1. The summed E-state index contributed by atoms with van der Waals surface area (Å²) in [6, 6.07) is 6.43. The van der Waals surface area contributed by atoms with Crippen LogP contribution in [0.1, 0.15) is 43.1 Å². The molecule has 1 saturated heterocycles. The Balaban J connectivity index is 1.74. The molecule has 1 aliphatic heterocycles. The van der Waals surface area contributed by atoms with Crippen molar-refractivity contribution in [3.8, 4) is 6.07 Å². The average molecular weight is 329 g/mol. The van der Waals surface area contributed by atoms with Gasteiger partial charge >= 0.3 is 0 Å². The number of nitriles is 1. The van der Waals surface area contributed by atoms with E-state index in [0.29, 0.717) is 37.3 Å². The van der Waals surface area contributed by atoms with Crippen molar-refractivity contribution in [1.29, 1.82) is 5.26 Å². The molecule has 1 fully saturated rings. The number of halogens is 1. The molecule has 24 heavy (non-hydrogen) atoms. The van der Waals surface area contributed by atoms with Gasteiger partial charge in [-0.1, -0.05) is 11.3 Å². The quantitative estimate of drug-likeness (QED) is 0.928. The van der Waals surface area contributed by atoms with Crippen LogP contribution in [0.25, 0.3) is 0 Å². The van der Waals surface area contributed by atoms with E-state index in [2.05, 4.69) is 10.3 Å². The smallest absolute Gasteiger partial charge is 0.124 e. The summed E-state index contributed by atoms with van der Waals surface area (Å²) in [6.07, 6.45) is 2.33. The molecule has 0 amide bonds. The van der Waals surface area contributed by atoms with Crippen LogP contribution in [-0.2, 0) is 12.1 Å². The van der Waals surface area contributed by atoms with Gasteiger partial charge in [0, 0.05) is 25.7 Å². The fraction of sp³-hybridized carbons (Fsp3) is 0.471. The first-order chi connectivity index (χ1) is 11.4. The predicted molar refractivity (Wildman–Crippen MR) is 85.3 cm³/mol. The van der Waals surface area contributed by atoms with Gasteiger partial charge in [0.2, 0.25) is 0 Å². The first-order valence-corrected chi connectivity index (χ1v) is 7.97. The second-order valence-corrected chi connectivity index (χ2v) is 6.58. The third kappa shape index (κ3) is 3.16. The largest absolute Gasteiger partial charge is 0.382 e. The highest BCUT2D eigenvalue weighted by Crippen LogP contribution is 2.32. The van der Waals surface area contributed by atoms with Crippen molar-refractivity contribution >= 4 is 0 Å². The van der Waals surface area contributed by atoms with Gasteiger partial charge in [-0.3, -0.25) is 4.90 Å². The van der Waals surface area contributed by atoms with E-state index in [4.69, 9.17) is 5.26 Å². The van der Waals surface area contributed by atoms with Crippen LogP contribution in [0.3, 0.4) is 0 Å². The first kappa shape index (κ1) is 16.6. The van der Waals surface area contributed by atoms with Crippen molar-refractivity contribution in [1.82, 2.24) is 19.9 Å². The number of aliphatic hydroxyl groups is 1. The third-order valence-electron chi connectivity index (χ3n) is 4.43. The molecule has 0 radical (unpaired) electrons. The normalized spacial score (nSPS) is 21.3. The Kier molecular flexibility index (Phi) is 4.35. The van der Waals surface area contributed by atoms with Crippen molar-refractivity contribution < 1.29 is 9.50 Å². The van der Waals surface area contributed by atoms with Crippen molar-refractivity contribution in [2.45, 2.75) is 38.5 Å². The molecule has 7 heteroatoms. The number of likely N-dealkylation sites (tertiary alicyclic amines) is 1. The van der Waals surface area contributed by atoms with E-state index in [-0.39, 0.29) is 6.04 Å². The topological polar surface area (TPSA) is 78.0 Å². The minimum absolute atomic E-state index is 0.185. The van der Waals surface area contributed by atoms with Gasteiger partial charge in [-0.15, -0.1) is 5.10 Å². The van der Waals surface area contributed by atoms with E-state index in [9.17, 15) is 9.50 Å². The number of nitrogens with zero attached hydrogens (tertiary/aromatic N) is 5. The monoisotopic (exact) mass is 329 g/mol. The number of aromatic nitrogens is 3. The SMILES string of the molecule is CC(C)n1cc([C@@]2(O)CCN(Cc3ccc(F)cc3C#N)C2)nn1. The predicted octanol–water partition coefficient (Wildman–Crippen LogP) is 1.96. The molecule has 1 N–H and O–H groups in total. The summed E-state index contributed by atoms with van der Waals surface area (Å²) in [6.45, 7) is 5.58. The summed E-state index contributed by atoms with van der Waals surface area (Å²) in [4.78, 5) is 2.04. The van der Waals surface area contributed by atoms with E-state index in [1.54, 1.807) is 16.9 Å². The van der Waals surface area contributed by atoms with Gasteiger partial charge in [-0.05, 0) is 38.0 Å². The van der Waals surface area contributed by atoms with Gasteiger partial charge < -0.3 is 5.11 Å². The second-order valence-electron chi connectivity index (χ2n) is 6.58. The van der Waals surface area contributed by atoms with Crippen LogP contribution in [0, 0.1) is 17.1 Å². The summed E-state index contributed by atoms with van der Waals surface area (Å²) in [5.41, 5.74) is 0.614. The molecule has 1 aromatic heterocycles. The lowest BCUT2D eigenvalue weighted by molar-refractivity contribution is 0.0408. The highest BCUT2D eigenvalue weighted by Gasteiger charge is 2.40. The zero-order chi connectivity index (χ0) is 17.3. The third-order valence-corrected chi connectivity index (χ3v) is 4.43. The lowest BCUT2D eigenvalue weighted by Crippen LogP contribution is -2.31. The second kappa shape index (κ2) is 6.30. The minimum Gasteiger partial charge on any atom is -0.382 e. The fourth-order valence-corrected chi connectivity index (χ4v) is 2.99. The summed E-state index contributed by atoms with van der Waals surface area (Å²) in [7, 11) is 0. The van der Waals surface area contributed by atoms with Gasteiger partial charge in [0.25, 0.3) is 0 Å². The summed E-state index contributed by atoms with van der Waals surface area (Å²) >= 11 is 0. The highest BCUT2D eigenvalue weighted by atomic mass is 19.1. The molecular weight excluding hydrogens is 309 g/mol. The van der Waals surface area contributed by atoms with Crippen molar-refractivity contribution in [2.75, 3.05) is 13.1 Å². The van der Waals surface area contributed by atoms with E-state index < -0.39 is 11.4 Å². The van der Waals surface area contributed by atoms with Crippen molar-refractivity contribution in [3.05, 3.63) is 47.0 Å². The number of hydrogen-bond acceptors (Lipinski definition) is 5. The van der Waals surface area contributed by atoms with Gasteiger partial charge in [0.05, 0.1) is 17.8 Å². The van der Waals surface area contributed by atoms with Crippen molar-refractivity contribution in [3.63, 3.8) is 0 Å². The maximum atomic E-state index is 13.2. The Morgan fingerprint density at radius 1 is 1.46 bits per heavy atom. The van der Waals surface area contributed by atoms with Crippen molar-refractivity contribution in [2.24, 2.45) is 0 Å². The average Bonchev–Trinajstić information content (AvgIpc) is 3.17. The zero-order valence-corrected chi connectivity index (χ0v) is 13.8. The first-order valence-electron chi connectivity index (χ1n) is 7.97. The van der Waals surface area contributed by atoms with E-state index in [0.717, 1.165) is 5.56 Å². The molecule has 2 heterocycles. The lowest BCUT2D eigenvalue weighted by atomic mass is 10.00. The van der Waals surface area contributed by atoms with E-state index >= 15 is 0 Å². The Morgan fingerprint density at radius 2 is 2.25 bits per heavy atom. The Hall–Kier alpha value is -2.30. The summed E-state index contributed by atoms with van der Waals surface area (Å²) in [5.74, 6) is -0.418. The lowest BCUT2D eigenvalue weighted by Gasteiger charge is -2.21. The van der Waals surface area contributed by atoms with Crippen LogP contribution in [0.4, 0.5) is 4.39 Å². The molecule has 3 rings (SSSR count). The molecule has 0 aliphatic carbocycles. The molecule has 0 spiro atoms. The van der Waals surface area contributed by atoms with Gasteiger partial charge in [0.15, 0.2) is 0 Å². The molecule has 126 valence electrons. The molecule has 0 bridgehead atoms. The molecule has 6 nitrogen and oxygen atoms in total. The fourth-order valence-electron chi connectivity index (χ4n) is 2.99. The number of hydrogen-bond donors (Lipinski definition) is 1. The Labute approximate surface area is 140 Å². The summed E-state index contributed by atoms with van der Waals surface area (Å²) < 4.78 is 15.0. The molecule has 2 aromatic rings. The highest BCUT2D eigenvalue weighted by molar-refractivity contribution is 5.38. The van der Waals surface area contributed by atoms with Gasteiger partial charge in [0.1, 0.15) is 17.1 Å². The number of β-amino-alcohol motifs (C(OH)–C–C–N with tert-alkyl or cyclic N) is 1. The Bertz CT molecular complexity index is 782. The summed E-state index contributed by atoms with van der Waals surface area (Å²) in [5, 5.41) is 28.2. The maximum Gasteiger partial charge on any atom is 0.124 e. The van der Waals surface area contributed by atoms with Crippen LogP contribution in [0.2, 0.25) is 0 Å².